The van der Waals surface area contributed by atoms with Crippen LogP contribution in [0.5, 0.6) is 0 Å². The van der Waals surface area contributed by atoms with Crippen molar-refractivity contribution in [2.45, 2.75) is 13.3 Å². The molecule has 1 aromatic rings. The van der Waals surface area contributed by atoms with Gasteiger partial charge in [0.2, 0.25) is 0 Å². The summed E-state index contributed by atoms with van der Waals surface area (Å²) in [5, 5.41) is 0. The smallest absolute Gasteiger partial charge is 0.159 e. The predicted molar refractivity (Wildman–Crippen MR) is 58.4 cm³/mol. The van der Waals surface area contributed by atoms with E-state index in [0.29, 0.717) is 16.8 Å². The molecule has 1 aromatic carbocycles. The third-order valence-corrected chi connectivity index (χ3v) is 1.87. The zero-order valence-electron chi connectivity index (χ0n) is 8.41. The van der Waals surface area contributed by atoms with Crippen molar-refractivity contribution in [1.82, 2.24) is 0 Å². The lowest BCUT2D eigenvalue weighted by Crippen LogP contribution is -1.96. The molecule has 0 atom stereocenters. The molecule has 0 saturated carbocycles. The number of hydrogen-bond donors (Lipinski definition) is 1. The number of carbonyl (C=O) groups is 2. The highest BCUT2D eigenvalue weighted by Crippen LogP contribution is 2.13. The molecule has 3 nitrogen and oxygen atoms in total. The highest BCUT2D eigenvalue weighted by molar-refractivity contribution is 5.95. The van der Waals surface area contributed by atoms with Gasteiger partial charge in [-0.3, -0.25) is 4.79 Å². The summed E-state index contributed by atoms with van der Waals surface area (Å²) in [5.41, 5.74) is 7.36. The molecule has 0 spiro atoms. The lowest BCUT2D eigenvalue weighted by Gasteiger charge is -2.00. The number of ketones is 1. The second-order valence-electron chi connectivity index (χ2n) is 3.03. The minimum atomic E-state index is -0.0332. The Bertz CT molecular complexity index is 452. The average molecular weight is 201 g/mol. The third kappa shape index (κ3) is 2.96. The number of benzene rings is 1. The first-order valence-electron chi connectivity index (χ1n) is 4.48. The van der Waals surface area contributed by atoms with Crippen molar-refractivity contribution < 1.29 is 9.59 Å². The van der Waals surface area contributed by atoms with Crippen LogP contribution in [-0.4, -0.2) is 12.1 Å². The largest absolute Gasteiger partial charge is 0.398 e. The number of nitrogens with two attached hydrogens (primary N) is 1. The maximum atomic E-state index is 11.0. The summed E-state index contributed by atoms with van der Waals surface area (Å²) < 4.78 is 0. The quantitative estimate of drug-likeness (QED) is 0.340. The molecule has 76 valence electrons. The Kier molecular flexibility index (Phi) is 3.64. The van der Waals surface area contributed by atoms with Crippen LogP contribution < -0.4 is 5.73 Å². The first kappa shape index (κ1) is 11.0. The fourth-order valence-electron chi connectivity index (χ4n) is 1.08. The Morgan fingerprint density at radius 3 is 2.80 bits per heavy atom. The molecular formula is C12H11NO2. The van der Waals surface area contributed by atoms with E-state index in [1.807, 2.05) is 0 Å². The van der Waals surface area contributed by atoms with Gasteiger partial charge in [-0.05, 0) is 19.1 Å². The van der Waals surface area contributed by atoms with Gasteiger partial charge in [-0.15, -0.1) is 0 Å². The van der Waals surface area contributed by atoms with Crippen molar-refractivity contribution in [3.05, 3.63) is 29.3 Å². The molecule has 0 fully saturated rings. The van der Waals surface area contributed by atoms with E-state index < -0.39 is 0 Å². The summed E-state index contributed by atoms with van der Waals surface area (Å²) in [5.74, 6) is 5.39. The molecule has 0 saturated heterocycles. The second-order valence-corrected chi connectivity index (χ2v) is 3.03. The molecule has 0 bridgehead atoms. The van der Waals surface area contributed by atoms with Crippen molar-refractivity contribution in [3.8, 4) is 11.8 Å². The molecule has 0 heterocycles. The van der Waals surface area contributed by atoms with E-state index in [-0.39, 0.29) is 12.2 Å². The van der Waals surface area contributed by atoms with E-state index in [0.717, 1.165) is 6.29 Å². The summed E-state index contributed by atoms with van der Waals surface area (Å²) in [7, 11) is 0. The molecule has 0 radical (unpaired) electrons. The first-order valence-corrected chi connectivity index (χ1v) is 4.48. The Morgan fingerprint density at radius 1 is 1.53 bits per heavy atom. The highest BCUT2D eigenvalue weighted by atomic mass is 16.1. The third-order valence-electron chi connectivity index (χ3n) is 1.87. The van der Waals surface area contributed by atoms with Crippen LogP contribution in [0.3, 0.4) is 0 Å². The SMILES string of the molecule is CC(=O)c1ccc(C#CCC=O)c(N)c1. The van der Waals surface area contributed by atoms with E-state index in [9.17, 15) is 9.59 Å². The molecule has 0 amide bonds. The molecule has 0 aliphatic carbocycles. The van der Waals surface area contributed by atoms with E-state index in [4.69, 9.17) is 5.73 Å². The van der Waals surface area contributed by atoms with Gasteiger partial charge in [-0.25, -0.2) is 0 Å². The summed E-state index contributed by atoms with van der Waals surface area (Å²) in [6.45, 7) is 1.48. The van der Waals surface area contributed by atoms with Gasteiger partial charge in [0.1, 0.15) is 6.29 Å². The van der Waals surface area contributed by atoms with Crippen LogP contribution >= 0.6 is 0 Å². The molecule has 0 aliphatic heterocycles. The number of rotatable bonds is 2. The lowest BCUT2D eigenvalue weighted by molar-refractivity contribution is -0.107. The Morgan fingerprint density at radius 2 is 2.27 bits per heavy atom. The van der Waals surface area contributed by atoms with Gasteiger partial charge in [-0.1, -0.05) is 17.9 Å². The standard InChI is InChI=1S/C12H11NO2/c1-9(15)11-6-5-10(12(13)8-11)4-2-3-7-14/h5-8H,3,13H2,1H3. The van der Waals surface area contributed by atoms with Gasteiger partial charge in [0.05, 0.1) is 6.42 Å². The Hall–Kier alpha value is -2.08. The molecular weight excluding hydrogens is 190 g/mol. The van der Waals surface area contributed by atoms with E-state index in [1.165, 1.54) is 6.92 Å². The number of nitrogen functional groups attached to an aromatic ring is 1. The van der Waals surface area contributed by atoms with Crippen molar-refractivity contribution >= 4 is 17.8 Å². The number of Topliss-reactive ketones (excluding diaryl/α,β-unsaturated/α-hetero) is 1. The average Bonchev–Trinajstić information content (AvgIpc) is 2.20. The number of hydrogen-bond acceptors (Lipinski definition) is 3. The zero-order valence-corrected chi connectivity index (χ0v) is 8.41. The van der Waals surface area contributed by atoms with Crippen LogP contribution in [0.25, 0.3) is 0 Å². The van der Waals surface area contributed by atoms with E-state index in [2.05, 4.69) is 11.8 Å². The molecule has 1 rings (SSSR count). The van der Waals surface area contributed by atoms with Gasteiger partial charge in [0.25, 0.3) is 0 Å². The van der Waals surface area contributed by atoms with Crippen LogP contribution in [0.1, 0.15) is 29.3 Å². The topological polar surface area (TPSA) is 60.2 Å². The molecule has 0 aliphatic rings. The fourth-order valence-corrected chi connectivity index (χ4v) is 1.08. The van der Waals surface area contributed by atoms with Crippen molar-refractivity contribution in [2.75, 3.05) is 5.73 Å². The monoisotopic (exact) mass is 201 g/mol. The highest BCUT2D eigenvalue weighted by Gasteiger charge is 2.01. The van der Waals surface area contributed by atoms with Crippen LogP contribution in [0, 0.1) is 11.8 Å². The Balaban J connectivity index is 2.99. The number of carbonyl (C=O) groups excluding carboxylic acids is 2. The van der Waals surface area contributed by atoms with Crippen LogP contribution in [0.15, 0.2) is 18.2 Å². The zero-order chi connectivity index (χ0) is 11.3. The minimum absolute atomic E-state index is 0.0332. The normalized spacial score (nSPS) is 8.87. The molecule has 0 unspecified atom stereocenters. The second kappa shape index (κ2) is 4.97. The van der Waals surface area contributed by atoms with Gasteiger partial charge < -0.3 is 10.5 Å². The lowest BCUT2D eigenvalue weighted by atomic mass is 10.1. The molecule has 0 aromatic heterocycles. The predicted octanol–water partition coefficient (Wildman–Crippen LogP) is 1.41. The number of anilines is 1. The summed E-state index contributed by atoms with van der Waals surface area (Å²) in [4.78, 5) is 21.1. The summed E-state index contributed by atoms with van der Waals surface area (Å²) in [6.07, 6.45) is 0.918. The molecule has 3 heteroatoms. The molecule has 2 N–H and O–H groups in total. The van der Waals surface area contributed by atoms with Gasteiger partial charge in [-0.2, -0.15) is 0 Å². The van der Waals surface area contributed by atoms with Crippen LogP contribution in [0.4, 0.5) is 5.69 Å². The van der Waals surface area contributed by atoms with Crippen molar-refractivity contribution in [2.24, 2.45) is 0 Å². The summed E-state index contributed by atoms with van der Waals surface area (Å²) >= 11 is 0. The minimum Gasteiger partial charge on any atom is -0.398 e. The van der Waals surface area contributed by atoms with Crippen molar-refractivity contribution in [1.29, 1.82) is 0 Å². The summed E-state index contributed by atoms with van der Waals surface area (Å²) in [6, 6.07) is 4.95. The van der Waals surface area contributed by atoms with Gasteiger partial charge >= 0.3 is 0 Å². The van der Waals surface area contributed by atoms with Crippen molar-refractivity contribution in [3.63, 3.8) is 0 Å². The van der Waals surface area contributed by atoms with Crippen LogP contribution in [-0.2, 0) is 4.79 Å². The fraction of sp³-hybridized carbons (Fsp3) is 0.167. The maximum absolute atomic E-state index is 11.0. The Labute approximate surface area is 88.3 Å². The van der Waals surface area contributed by atoms with Crippen LogP contribution in [0.2, 0.25) is 0 Å². The van der Waals surface area contributed by atoms with Gasteiger partial charge in [0, 0.05) is 16.8 Å². The molecule has 15 heavy (non-hydrogen) atoms. The first-order chi connectivity index (χ1) is 7.15. The van der Waals surface area contributed by atoms with E-state index >= 15 is 0 Å². The van der Waals surface area contributed by atoms with E-state index in [1.54, 1.807) is 18.2 Å². The number of aldehydes is 1. The maximum Gasteiger partial charge on any atom is 0.159 e. The van der Waals surface area contributed by atoms with Gasteiger partial charge in [0.15, 0.2) is 5.78 Å².